The van der Waals surface area contributed by atoms with Crippen molar-refractivity contribution in [2.24, 2.45) is 5.92 Å². The van der Waals surface area contributed by atoms with Gasteiger partial charge in [-0.3, -0.25) is 9.59 Å². The number of anilines is 4. The van der Waals surface area contributed by atoms with Crippen molar-refractivity contribution in [2.75, 3.05) is 40.6 Å². The predicted octanol–water partition coefficient (Wildman–Crippen LogP) is 6.06. The van der Waals surface area contributed by atoms with Gasteiger partial charge in [-0.25, -0.2) is 0 Å². The van der Waals surface area contributed by atoms with E-state index in [1.54, 1.807) is 6.92 Å². The first kappa shape index (κ1) is 25.8. The zero-order valence-electron chi connectivity index (χ0n) is 22.3. The number of amides is 2. The molecule has 2 amide bonds. The van der Waals surface area contributed by atoms with Gasteiger partial charge in [0.05, 0.1) is 12.6 Å². The lowest BCUT2D eigenvalue weighted by Crippen LogP contribution is -2.43. The first-order valence-electron chi connectivity index (χ1n) is 13.4. The van der Waals surface area contributed by atoms with Crippen molar-refractivity contribution in [1.82, 2.24) is 0 Å². The summed E-state index contributed by atoms with van der Waals surface area (Å²) in [5.41, 5.74) is 6.97. The quantitative estimate of drug-likeness (QED) is 0.359. The third-order valence-corrected chi connectivity index (χ3v) is 7.38. The van der Waals surface area contributed by atoms with E-state index in [4.69, 9.17) is 4.74 Å². The first-order valence-corrected chi connectivity index (χ1v) is 13.4. The molecule has 7 heteroatoms. The summed E-state index contributed by atoms with van der Waals surface area (Å²) in [4.78, 5) is 26.0. The standard InChI is InChI=1S/C31H36N4O3/c1-20-15-30(34-27-10-8-26(9-11-27)32-18-23-13-14-38-19-23)29-17-25(7-12-31(29)35(20)22(3)37)24-5-4-6-28(16-24)33-21(2)36/h4-12,16-17,20,23,30,32,34H,13-15,18-19H2,1-3H3,(H,33,36)/t20-,23?,30+/m0/s1. The molecule has 1 unspecified atom stereocenters. The van der Waals surface area contributed by atoms with E-state index in [2.05, 4.69) is 53.2 Å². The second-order valence-electron chi connectivity index (χ2n) is 10.4. The van der Waals surface area contributed by atoms with E-state index in [0.29, 0.717) is 5.92 Å². The average Bonchev–Trinajstić information content (AvgIpc) is 3.41. The number of rotatable bonds is 7. The van der Waals surface area contributed by atoms with Crippen molar-refractivity contribution in [3.8, 4) is 11.1 Å². The van der Waals surface area contributed by atoms with E-state index in [1.807, 2.05) is 41.3 Å². The van der Waals surface area contributed by atoms with Gasteiger partial charge in [-0.1, -0.05) is 18.2 Å². The van der Waals surface area contributed by atoms with Gasteiger partial charge in [0, 0.05) is 61.7 Å². The highest BCUT2D eigenvalue weighted by Gasteiger charge is 2.32. The van der Waals surface area contributed by atoms with Crippen LogP contribution in [0, 0.1) is 5.92 Å². The molecule has 5 rings (SSSR count). The molecule has 0 saturated carbocycles. The maximum atomic E-state index is 12.6. The molecule has 2 aliphatic heterocycles. The molecule has 0 radical (unpaired) electrons. The van der Waals surface area contributed by atoms with Crippen LogP contribution in [0.5, 0.6) is 0 Å². The van der Waals surface area contributed by atoms with Crippen LogP contribution in [0.2, 0.25) is 0 Å². The number of hydrogen-bond acceptors (Lipinski definition) is 5. The Kier molecular flexibility index (Phi) is 7.65. The number of ether oxygens (including phenoxy) is 1. The second kappa shape index (κ2) is 11.3. The molecule has 0 spiro atoms. The van der Waals surface area contributed by atoms with Crippen LogP contribution in [0.3, 0.4) is 0 Å². The Morgan fingerprint density at radius 1 is 0.947 bits per heavy atom. The van der Waals surface area contributed by atoms with Gasteiger partial charge in [-0.05, 0) is 85.0 Å². The topological polar surface area (TPSA) is 82.7 Å². The summed E-state index contributed by atoms with van der Waals surface area (Å²) < 4.78 is 5.48. The fraction of sp³-hybridized carbons (Fsp3) is 0.355. The highest BCUT2D eigenvalue weighted by atomic mass is 16.5. The Morgan fingerprint density at radius 2 is 1.71 bits per heavy atom. The molecule has 3 N–H and O–H groups in total. The number of carbonyl (C=O) groups is 2. The molecule has 0 bridgehead atoms. The molecular weight excluding hydrogens is 476 g/mol. The van der Waals surface area contributed by atoms with E-state index in [9.17, 15) is 9.59 Å². The van der Waals surface area contributed by atoms with Crippen molar-refractivity contribution in [1.29, 1.82) is 0 Å². The van der Waals surface area contributed by atoms with Gasteiger partial charge in [0.1, 0.15) is 0 Å². The maximum Gasteiger partial charge on any atom is 0.224 e. The summed E-state index contributed by atoms with van der Waals surface area (Å²) in [5, 5.41) is 10.1. The molecule has 0 aromatic heterocycles. The van der Waals surface area contributed by atoms with Crippen LogP contribution < -0.4 is 20.9 Å². The molecular formula is C31H36N4O3. The minimum absolute atomic E-state index is 0.0423. The van der Waals surface area contributed by atoms with Gasteiger partial charge in [-0.15, -0.1) is 0 Å². The summed E-state index contributed by atoms with van der Waals surface area (Å²) >= 11 is 0. The summed E-state index contributed by atoms with van der Waals surface area (Å²) in [5.74, 6) is 0.516. The number of hydrogen-bond donors (Lipinski definition) is 3. The van der Waals surface area contributed by atoms with E-state index in [0.717, 1.165) is 72.0 Å². The first-order chi connectivity index (χ1) is 18.4. The summed E-state index contributed by atoms with van der Waals surface area (Å²) in [6.07, 6.45) is 1.91. The van der Waals surface area contributed by atoms with Gasteiger partial charge >= 0.3 is 0 Å². The van der Waals surface area contributed by atoms with Crippen LogP contribution in [0.15, 0.2) is 66.7 Å². The van der Waals surface area contributed by atoms with Gasteiger partial charge in [0.2, 0.25) is 11.8 Å². The van der Waals surface area contributed by atoms with Crippen LogP contribution in [0.1, 0.15) is 45.2 Å². The smallest absolute Gasteiger partial charge is 0.224 e. The molecule has 0 aliphatic carbocycles. The molecule has 38 heavy (non-hydrogen) atoms. The largest absolute Gasteiger partial charge is 0.385 e. The minimum Gasteiger partial charge on any atom is -0.385 e. The number of nitrogens with zero attached hydrogens (tertiary/aromatic N) is 1. The SMILES string of the molecule is CC(=O)Nc1cccc(-c2ccc3c(c2)[C@H](Nc2ccc(NCC4CCOC4)cc2)C[C@H](C)N3C(C)=O)c1. The third kappa shape index (κ3) is 5.83. The fourth-order valence-electron chi connectivity index (χ4n) is 5.53. The van der Waals surface area contributed by atoms with E-state index in [1.165, 1.54) is 6.92 Å². The number of fused-ring (bicyclic) bond motifs is 1. The van der Waals surface area contributed by atoms with Crippen LogP contribution in [0.25, 0.3) is 11.1 Å². The van der Waals surface area contributed by atoms with E-state index in [-0.39, 0.29) is 23.9 Å². The van der Waals surface area contributed by atoms with Crippen molar-refractivity contribution < 1.29 is 14.3 Å². The summed E-state index contributed by atoms with van der Waals surface area (Å²) in [7, 11) is 0. The Morgan fingerprint density at radius 3 is 2.42 bits per heavy atom. The van der Waals surface area contributed by atoms with Crippen LogP contribution in [0.4, 0.5) is 22.7 Å². The van der Waals surface area contributed by atoms with Crippen LogP contribution in [-0.4, -0.2) is 37.6 Å². The van der Waals surface area contributed by atoms with Crippen LogP contribution >= 0.6 is 0 Å². The predicted molar refractivity (Wildman–Crippen MR) is 154 cm³/mol. The minimum atomic E-state index is -0.100. The highest BCUT2D eigenvalue weighted by molar-refractivity contribution is 5.94. The molecule has 2 aliphatic rings. The molecule has 1 fully saturated rings. The van der Waals surface area contributed by atoms with Crippen molar-refractivity contribution in [3.05, 3.63) is 72.3 Å². The molecule has 3 atom stereocenters. The van der Waals surface area contributed by atoms with Crippen LogP contribution in [-0.2, 0) is 14.3 Å². The van der Waals surface area contributed by atoms with Gasteiger partial charge < -0.3 is 25.6 Å². The van der Waals surface area contributed by atoms with Gasteiger partial charge in [0.15, 0.2) is 0 Å². The summed E-state index contributed by atoms with van der Waals surface area (Å²) in [6, 6.07) is 22.6. The second-order valence-corrected chi connectivity index (χ2v) is 10.4. The Labute approximate surface area is 224 Å². The zero-order chi connectivity index (χ0) is 26.6. The third-order valence-electron chi connectivity index (χ3n) is 7.38. The summed E-state index contributed by atoms with van der Waals surface area (Å²) in [6.45, 7) is 7.86. The Hall–Kier alpha value is -3.84. The van der Waals surface area contributed by atoms with E-state index >= 15 is 0 Å². The maximum absolute atomic E-state index is 12.6. The molecule has 198 valence electrons. The average molecular weight is 513 g/mol. The molecule has 3 aromatic rings. The van der Waals surface area contributed by atoms with Crippen molar-refractivity contribution >= 4 is 34.6 Å². The zero-order valence-corrected chi connectivity index (χ0v) is 22.3. The molecule has 3 aromatic carbocycles. The number of nitrogens with one attached hydrogen (secondary N) is 3. The normalized spacial score (nSPS) is 20.5. The Bertz CT molecular complexity index is 1300. The lowest BCUT2D eigenvalue weighted by atomic mass is 9.88. The number of carbonyl (C=O) groups excluding carboxylic acids is 2. The van der Waals surface area contributed by atoms with Gasteiger partial charge in [0.25, 0.3) is 0 Å². The van der Waals surface area contributed by atoms with Crippen molar-refractivity contribution in [3.63, 3.8) is 0 Å². The molecule has 7 nitrogen and oxygen atoms in total. The lowest BCUT2D eigenvalue weighted by Gasteiger charge is -2.39. The molecule has 1 saturated heterocycles. The Balaban J connectivity index is 1.40. The monoisotopic (exact) mass is 512 g/mol. The highest BCUT2D eigenvalue weighted by Crippen LogP contribution is 2.41. The lowest BCUT2D eigenvalue weighted by molar-refractivity contribution is -0.117. The van der Waals surface area contributed by atoms with Gasteiger partial charge in [-0.2, -0.15) is 0 Å². The number of benzene rings is 3. The van der Waals surface area contributed by atoms with E-state index < -0.39 is 0 Å². The fourth-order valence-corrected chi connectivity index (χ4v) is 5.53. The van der Waals surface area contributed by atoms with Crippen molar-refractivity contribution in [2.45, 2.75) is 45.7 Å². The molecule has 2 heterocycles.